The predicted octanol–water partition coefficient (Wildman–Crippen LogP) is 2.35. The molecule has 3 rings (SSSR count). The van der Waals surface area contributed by atoms with Crippen molar-refractivity contribution < 1.29 is 19.4 Å². The summed E-state index contributed by atoms with van der Waals surface area (Å²) in [6, 6.07) is 9.93. The van der Waals surface area contributed by atoms with Crippen molar-refractivity contribution in [2.45, 2.75) is 19.3 Å². The number of rotatable bonds is 6. The van der Waals surface area contributed by atoms with Crippen LogP contribution in [0.15, 0.2) is 35.7 Å². The average molecular weight is 360 g/mol. The van der Waals surface area contributed by atoms with Gasteiger partial charge in [0.25, 0.3) is 5.91 Å². The van der Waals surface area contributed by atoms with Gasteiger partial charge in [0.15, 0.2) is 0 Å². The number of aliphatic carboxylic acids is 1. The number of carboxylic acids is 1. The molecule has 0 unspecified atom stereocenters. The number of carbonyl (C=O) groups excluding carboxylic acids is 1. The van der Waals surface area contributed by atoms with E-state index in [1.807, 2.05) is 30.3 Å². The van der Waals surface area contributed by atoms with E-state index in [0.717, 1.165) is 10.6 Å². The number of hydrogen-bond donors (Lipinski definition) is 2. The number of aromatic nitrogens is 1. The van der Waals surface area contributed by atoms with E-state index >= 15 is 0 Å². The standard InChI is InChI=1S/C18H20N2O4S/c21-16(19-12-18(17(22)23)6-8-24-9-7-18)14-11-25-15(20-14)10-13-4-2-1-3-5-13/h1-5,11H,6-10,12H2,(H,19,21)(H,22,23). The van der Waals surface area contributed by atoms with Crippen LogP contribution in [0, 0.1) is 5.41 Å². The second-order valence-corrected chi connectivity index (χ2v) is 7.11. The Morgan fingerprint density at radius 2 is 1.96 bits per heavy atom. The number of hydrogen-bond acceptors (Lipinski definition) is 5. The molecule has 7 heteroatoms. The van der Waals surface area contributed by atoms with Crippen LogP contribution in [0.25, 0.3) is 0 Å². The first-order chi connectivity index (χ1) is 12.1. The molecule has 1 fully saturated rings. The van der Waals surface area contributed by atoms with Crippen molar-refractivity contribution in [3.63, 3.8) is 0 Å². The van der Waals surface area contributed by atoms with Crippen LogP contribution in [0.3, 0.4) is 0 Å². The van der Waals surface area contributed by atoms with Crippen molar-refractivity contribution in [3.8, 4) is 0 Å². The van der Waals surface area contributed by atoms with Gasteiger partial charge in [-0.1, -0.05) is 30.3 Å². The molecule has 1 aromatic heterocycles. The fourth-order valence-electron chi connectivity index (χ4n) is 2.84. The van der Waals surface area contributed by atoms with Gasteiger partial charge in [-0.05, 0) is 18.4 Å². The highest BCUT2D eigenvalue weighted by Gasteiger charge is 2.40. The maximum atomic E-state index is 12.3. The molecule has 1 aliphatic heterocycles. The van der Waals surface area contributed by atoms with Crippen molar-refractivity contribution in [1.82, 2.24) is 10.3 Å². The predicted molar refractivity (Wildman–Crippen MR) is 93.8 cm³/mol. The third-order valence-corrected chi connectivity index (χ3v) is 5.32. The summed E-state index contributed by atoms with van der Waals surface area (Å²) in [4.78, 5) is 28.3. The Balaban J connectivity index is 1.61. The first-order valence-corrected chi connectivity index (χ1v) is 9.05. The van der Waals surface area contributed by atoms with Gasteiger partial charge < -0.3 is 15.2 Å². The quantitative estimate of drug-likeness (QED) is 0.825. The first kappa shape index (κ1) is 17.6. The number of ether oxygens (including phenoxy) is 1. The van der Waals surface area contributed by atoms with E-state index in [4.69, 9.17) is 4.74 Å². The van der Waals surface area contributed by atoms with Crippen LogP contribution < -0.4 is 5.32 Å². The van der Waals surface area contributed by atoms with Gasteiger partial charge in [-0.15, -0.1) is 11.3 Å². The SMILES string of the molecule is O=C(NCC1(C(=O)O)CCOCC1)c1csc(Cc2ccccc2)n1. The second-order valence-electron chi connectivity index (χ2n) is 6.17. The summed E-state index contributed by atoms with van der Waals surface area (Å²) in [5, 5.41) is 14.8. The normalized spacial score (nSPS) is 16.3. The number of benzene rings is 1. The molecule has 2 aromatic rings. The molecular formula is C18H20N2O4S. The van der Waals surface area contributed by atoms with Crippen LogP contribution >= 0.6 is 11.3 Å². The van der Waals surface area contributed by atoms with Crippen molar-refractivity contribution in [2.24, 2.45) is 5.41 Å². The van der Waals surface area contributed by atoms with Gasteiger partial charge in [-0.25, -0.2) is 4.98 Å². The molecule has 132 valence electrons. The van der Waals surface area contributed by atoms with E-state index in [0.29, 0.717) is 38.2 Å². The molecule has 1 aromatic carbocycles. The zero-order valence-electron chi connectivity index (χ0n) is 13.7. The average Bonchev–Trinajstić information content (AvgIpc) is 3.10. The molecule has 2 heterocycles. The van der Waals surface area contributed by atoms with Gasteiger partial charge in [-0.3, -0.25) is 9.59 Å². The summed E-state index contributed by atoms with van der Waals surface area (Å²) in [7, 11) is 0. The lowest BCUT2D eigenvalue weighted by atomic mass is 9.80. The third kappa shape index (κ3) is 4.24. The largest absolute Gasteiger partial charge is 0.481 e. The maximum Gasteiger partial charge on any atom is 0.311 e. The Morgan fingerprint density at radius 3 is 2.64 bits per heavy atom. The summed E-state index contributed by atoms with van der Waals surface area (Å²) in [6.07, 6.45) is 1.48. The molecule has 6 nitrogen and oxygen atoms in total. The van der Waals surface area contributed by atoms with Gasteiger partial charge in [0, 0.05) is 31.6 Å². The molecule has 0 aliphatic carbocycles. The van der Waals surface area contributed by atoms with Gasteiger partial charge >= 0.3 is 5.97 Å². The summed E-state index contributed by atoms with van der Waals surface area (Å²) in [5.41, 5.74) is 0.524. The van der Waals surface area contributed by atoms with Gasteiger partial charge in [-0.2, -0.15) is 0 Å². The molecule has 0 radical (unpaired) electrons. The minimum Gasteiger partial charge on any atom is -0.481 e. The van der Waals surface area contributed by atoms with E-state index in [1.54, 1.807) is 5.38 Å². The van der Waals surface area contributed by atoms with E-state index in [1.165, 1.54) is 11.3 Å². The number of thiazole rings is 1. The molecule has 25 heavy (non-hydrogen) atoms. The Bertz CT molecular complexity index is 739. The lowest BCUT2D eigenvalue weighted by Gasteiger charge is -2.32. The van der Waals surface area contributed by atoms with Crippen molar-refractivity contribution in [3.05, 3.63) is 52.0 Å². The van der Waals surface area contributed by atoms with Crippen LogP contribution in [0.4, 0.5) is 0 Å². The highest BCUT2D eigenvalue weighted by molar-refractivity contribution is 7.09. The Kier molecular flexibility index (Phi) is 5.45. The van der Waals surface area contributed by atoms with Crippen LogP contribution in [0.5, 0.6) is 0 Å². The van der Waals surface area contributed by atoms with Crippen molar-refractivity contribution >= 4 is 23.2 Å². The molecular weight excluding hydrogens is 340 g/mol. The van der Waals surface area contributed by atoms with Gasteiger partial charge in [0.05, 0.1) is 10.4 Å². The number of carbonyl (C=O) groups is 2. The van der Waals surface area contributed by atoms with Crippen LogP contribution in [0.1, 0.15) is 33.9 Å². The molecule has 1 amide bonds. The van der Waals surface area contributed by atoms with Crippen LogP contribution in [-0.2, 0) is 16.0 Å². The highest BCUT2D eigenvalue weighted by Crippen LogP contribution is 2.30. The molecule has 0 spiro atoms. The summed E-state index contributed by atoms with van der Waals surface area (Å²) in [6.45, 7) is 0.899. The summed E-state index contributed by atoms with van der Waals surface area (Å²) < 4.78 is 5.24. The van der Waals surface area contributed by atoms with Gasteiger partial charge in [0.2, 0.25) is 0 Å². The van der Waals surface area contributed by atoms with E-state index in [9.17, 15) is 14.7 Å². The van der Waals surface area contributed by atoms with Crippen LogP contribution in [-0.4, -0.2) is 41.7 Å². The Labute approximate surface area is 149 Å². The van der Waals surface area contributed by atoms with E-state index in [-0.39, 0.29) is 12.5 Å². The third-order valence-electron chi connectivity index (χ3n) is 4.47. The monoisotopic (exact) mass is 360 g/mol. The maximum absolute atomic E-state index is 12.3. The number of nitrogens with zero attached hydrogens (tertiary/aromatic N) is 1. The molecule has 1 aliphatic rings. The molecule has 0 atom stereocenters. The van der Waals surface area contributed by atoms with E-state index in [2.05, 4.69) is 10.3 Å². The smallest absolute Gasteiger partial charge is 0.311 e. The minimum absolute atomic E-state index is 0.0933. The molecule has 0 saturated carbocycles. The molecule has 2 N–H and O–H groups in total. The first-order valence-electron chi connectivity index (χ1n) is 8.17. The Hall–Kier alpha value is -2.25. The zero-order chi connectivity index (χ0) is 17.7. The fourth-order valence-corrected chi connectivity index (χ4v) is 3.64. The Morgan fingerprint density at radius 1 is 1.24 bits per heavy atom. The van der Waals surface area contributed by atoms with E-state index < -0.39 is 11.4 Å². The van der Waals surface area contributed by atoms with Crippen molar-refractivity contribution in [1.29, 1.82) is 0 Å². The highest BCUT2D eigenvalue weighted by atomic mass is 32.1. The summed E-state index contributed by atoms with van der Waals surface area (Å²) in [5.74, 6) is -1.22. The second kappa shape index (κ2) is 7.76. The lowest BCUT2D eigenvalue weighted by molar-refractivity contribution is -0.154. The number of carboxylic acid groups (broad SMARTS) is 1. The zero-order valence-corrected chi connectivity index (χ0v) is 14.6. The van der Waals surface area contributed by atoms with Gasteiger partial charge in [0.1, 0.15) is 5.69 Å². The van der Waals surface area contributed by atoms with Crippen molar-refractivity contribution in [2.75, 3.05) is 19.8 Å². The minimum atomic E-state index is -0.948. The van der Waals surface area contributed by atoms with Crippen LogP contribution in [0.2, 0.25) is 0 Å². The number of nitrogens with one attached hydrogen (secondary N) is 1. The molecule has 1 saturated heterocycles. The lowest BCUT2D eigenvalue weighted by Crippen LogP contribution is -2.46. The summed E-state index contributed by atoms with van der Waals surface area (Å²) >= 11 is 1.43. The topological polar surface area (TPSA) is 88.5 Å². The fraction of sp³-hybridized carbons (Fsp3) is 0.389. The number of amides is 1. The molecule has 0 bridgehead atoms.